The Hall–Kier alpha value is -3.08. The quantitative estimate of drug-likeness (QED) is 0.892. The van der Waals surface area contributed by atoms with Crippen LogP contribution in [-0.2, 0) is 11.2 Å². The van der Waals surface area contributed by atoms with Crippen LogP contribution in [-0.4, -0.2) is 24.1 Å². The Morgan fingerprint density at radius 3 is 2.64 bits per heavy atom. The minimum atomic E-state index is -1.07. The molecule has 0 fully saturated rings. The summed E-state index contributed by atoms with van der Waals surface area (Å²) in [5, 5.41) is 11.9. The van der Waals surface area contributed by atoms with E-state index in [0.717, 1.165) is 23.3 Å². The number of benzene rings is 2. The Morgan fingerprint density at radius 1 is 1.16 bits per heavy atom. The fourth-order valence-corrected chi connectivity index (χ4v) is 3.02. The average molecular weight is 337 g/mol. The van der Waals surface area contributed by atoms with Gasteiger partial charge in [-0.3, -0.25) is 4.79 Å². The van der Waals surface area contributed by atoms with E-state index in [9.17, 15) is 14.7 Å². The maximum absolute atomic E-state index is 12.6. The van der Waals surface area contributed by atoms with Crippen molar-refractivity contribution in [1.29, 1.82) is 0 Å². The molecule has 2 N–H and O–H groups in total. The van der Waals surface area contributed by atoms with Crippen LogP contribution < -0.4 is 10.1 Å². The van der Waals surface area contributed by atoms with Crippen molar-refractivity contribution in [2.24, 2.45) is 0 Å². The number of nitrogens with one attached hydrogen (secondary N) is 1. The molecule has 5 nitrogen and oxygen atoms in total. The van der Waals surface area contributed by atoms with Crippen molar-refractivity contribution >= 4 is 23.6 Å². The summed E-state index contributed by atoms with van der Waals surface area (Å²) < 4.78 is 5.35. The zero-order valence-corrected chi connectivity index (χ0v) is 14.1. The molecule has 3 rings (SSSR count). The van der Waals surface area contributed by atoms with Crippen molar-refractivity contribution in [2.45, 2.75) is 19.8 Å². The topological polar surface area (TPSA) is 75.6 Å². The number of anilines is 1. The first kappa shape index (κ1) is 16.8. The highest BCUT2D eigenvalue weighted by atomic mass is 16.5. The summed E-state index contributed by atoms with van der Waals surface area (Å²) in [5.41, 5.74) is 4.21. The number of ether oxygens (including phenoxy) is 1. The Morgan fingerprint density at radius 2 is 1.92 bits per heavy atom. The summed E-state index contributed by atoms with van der Waals surface area (Å²) >= 11 is 0. The SMILES string of the molecule is COc1cc2c(cc1C)CCC(C(=O)Nc1ccccc1C(=O)O)=C2. The number of fused-ring (bicyclic) bond motifs is 1. The summed E-state index contributed by atoms with van der Waals surface area (Å²) in [6.07, 6.45) is 3.22. The lowest BCUT2D eigenvalue weighted by Gasteiger charge is -2.18. The highest BCUT2D eigenvalue weighted by Crippen LogP contribution is 2.30. The van der Waals surface area contributed by atoms with E-state index < -0.39 is 5.97 Å². The number of carbonyl (C=O) groups excluding carboxylic acids is 1. The molecule has 0 spiro atoms. The highest BCUT2D eigenvalue weighted by molar-refractivity contribution is 6.09. The minimum Gasteiger partial charge on any atom is -0.496 e. The smallest absolute Gasteiger partial charge is 0.337 e. The Labute approximate surface area is 145 Å². The first-order valence-corrected chi connectivity index (χ1v) is 8.01. The van der Waals surface area contributed by atoms with Crippen molar-refractivity contribution in [3.05, 3.63) is 64.2 Å². The molecule has 0 bridgehead atoms. The second-order valence-electron chi connectivity index (χ2n) is 6.00. The maximum Gasteiger partial charge on any atom is 0.337 e. The molecule has 0 heterocycles. The number of hydrogen-bond donors (Lipinski definition) is 2. The van der Waals surface area contributed by atoms with Crippen LogP contribution in [0.25, 0.3) is 6.08 Å². The lowest BCUT2D eigenvalue weighted by Crippen LogP contribution is -2.18. The molecule has 25 heavy (non-hydrogen) atoms. The van der Waals surface area contributed by atoms with Crippen molar-refractivity contribution in [3.8, 4) is 5.75 Å². The van der Waals surface area contributed by atoms with Gasteiger partial charge in [0, 0.05) is 5.57 Å². The minimum absolute atomic E-state index is 0.0740. The third-order valence-corrected chi connectivity index (χ3v) is 4.35. The lowest BCUT2D eigenvalue weighted by molar-refractivity contribution is -0.112. The lowest BCUT2D eigenvalue weighted by atomic mass is 9.90. The third kappa shape index (κ3) is 3.40. The fourth-order valence-electron chi connectivity index (χ4n) is 3.02. The van der Waals surface area contributed by atoms with Gasteiger partial charge >= 0.3 is 5.97 Å². The number of methoxy groups -OCH3 is 1. The molecule has 0 saturated heterocycles. The predicted octanol–water partition coefficient (Wildman–Crippen LogP) is 3.67. The molecule has 0 unspecified atom stereocenters. The van der Waals surface area contributed by atoms with Crippen LogP contribution in [0.2, 0.25) is 0 Å². The van der Waals surface area contributed by atoms with Gasteiger partial charge in [-0.2, -0.15) is 0 Å². The first-order valence-electron chi connectivity index (χ1n) is 8.01. The molecular weight excluding hydrogens is 318 g/mol. The molecule has 1 amide bonds. The van der Waals surface area contributed by atoms with Gasteiger partial charge in [0.1, 0.15) is 5.75 Å². The summed E-state index contributed by atoms with van der Waals surface area (Å²) in [6, 6.07) is 10.4. The van der Waals surface area contributed by atoms with Crippen LogP contribution in [0.5, 0.6) is 5.75 Å². The number of carbonyl (C=O) groups is 2. The maximum atomic E-state index is 12.6. The zero-order chi connectivity index (χ0) is 18.0. The second-order valence-corrected chi connectivity index (χ2v) is 6.00. The fraction of sp³-hybridized carbons (Fsp3) is 0.200. The molecule has 1 aliphatic carbocycles. The number of aromatic carboxylic acids is 1. The third-order valence-electron chi connectivity index (χ3n) is 4.35. The second kappa shape index (κ2) is 6.81. The summed E-state index contributed by atoms with van der Waals surface area (Å²) in [7, 11) is 1.62. The van der Waals surface area contributed by atoms with E-state index in [1.165, 1.54) is 11.6 Å². The molecule has 2 aromatic carbocycles. The van der Waals surface area contributed by atoms with Gasteiger partial charge in [0.25, 0.3) is 5.91 Å². The average Bonchev–Trinajstić information content (AvgIpc) is 2.61. The molecule has 0 atom stereocenters. The van der Waals surface area contributed by atoms with E-state index in [4.69, 9.17) is 4.74 Å². The standard InChI is InChI=1S/C20H19NO4/c1-12-9-13-7-8-14(10-15(13)11-18(12)25-2)19(22)21-17-6-4-3-5-16(17)20(23)24/h3-6,9-11H,7-8H2,1-2H3,(H,21,22)(H,23,24). The van der Waals surface area contributed by atoms with Crippen LogP contribution in [0.1, 0.15) is 33.5 Å². The molecule has 0 radical (unpaired) electrons. The van der Waals surface area contributed by atoms with E-state index in [1.54, 1.807) is 25.3 Å². The summed E-state index contributed by atoms with van der Waals surface area (Å²) in [5.74, 6) is -0.564. The summed E-state index contributed by atoms with van der Waals surface area (Å²) in [4.78, 5) is 23.8. The monoisotopic (exact) mass is 337 g/mol. The predicted molar refractivity (Wildman–Crippen MR) is 96.1 cm³/mol. The molecule has 128 valence electrons. The van der Waals surface area contributed by atoms with Gasteiger partial charge in [0.05, 0.1) is 18.4 Å². The number of hydrogen-bond acceptors (Lipinski definition) is 3. The molecule has 5 heteroatoms. The van der Waals surface area contributed by atoms with Crippen LogP contribution in [0.15, 0.2) is 42.0 Å². The van der Waals surface area contributed by atoms with Gasteiger partial charge < -0.3 is 15.2 Å². The number of rotatable bonds is 4. The van der Waals surface area contributed by atoms with Crippen molar-refractivity contribution in [2.75, 3.05) is 12.4 Å². The number of aryl methyl sites for hydroxylation is 2. The molecule has 0 saturated carbocycles. The molecule has 2 aromatic rings. The van der Waals surface area contributed by atoms with Gasteiger partial charge in [-0.1, -0.05) is 18.2 Å². The van der Waals surface area contributed by atoms with Crippen molar-refractivity contribution in [3.63, 3.8) is 0 Å². The Bertz CT molecular complexity index is 883. The van der Waals surface area contributed by atoms with Gasteiger partial charge in [-0.25, -0.2) is 4.79 Å². The Kier molecular flexibility index (Phi) is 4.57. The Balaban J connectivity index is 1.88. The van der Waals surface area contributed by atoms with Crippen molar-refractivity contribution in [1.82, 2.24) is 0 Å². The summed E-state index contributed by atoms with van der Waals surface area (Å²) in [6.45, 7) is 1.99. The van der Waals surface area contributed by atoms with Gasteiger partial charge in [0.2, 0.25) is 0 Å². The van der Waals surface area contributed by atoms with E-state index in [-0.39, 0.29) is 11.5 Å². The van der Waals surface area contributed by atoms with E-state index in [1.807, 2.05) is 19.1 Å². The van der Waals surface area contributed by atoms with Gasteiger partial charge in [0.15, 0.2) is 0 Å². The van der Waals surface area contributed by atoms with Gasteiger partial charge in [-0.05, 0) is 60.7 Å². The van der Waals surface area contributed by atoms with Crippen LogP contribution in [0.4, 0.5) is 5.69 Å². The molecule has 0 aliphatic heterocycles. The zero-order valence-electron chi connectivity index (χ0n) is 14.1. The van der Waals surface area contributed by atoms with Crippen molar-refractivity contribution < 1.29 is 19.4 Å². The number of carboxylic acids is 1. The van der Waals surface area contributed by atoms with Crippen LogP contribution in [0, 0.1) is 6.92 Å². The number of amides is 1. The molecular formula is C20H19NO4. The van der Waals surface area contributed by atoms with Crippen LogP contribution in [0.3, 0.4) is 0 Å². The normalized spacial score (nSPS) is 12.8. The highest BCUT2D eigenvalue weighted by Gasteiger charge is 2.19. The first-order chi connectivity index (χ1) is 12.0. The van der Waals surface area contributed by atoms with Gasteiger partial charge in [-0.15, -0.1) is 0 Å². The number of para-hydroxylation sites is 1. The molecule has 0 aromatic heterocycles. The number of carboxylic acid groups (broad SMARTS) is 1. The van der Waals surface area contributed by atoms with E-state index in [0.29, 0.717) is 17.7 Å². The molecule has 1 aliphatic rings. The van der Waals surface area contributed by atoms with E-state index in [2.05, 4.69) is 11.4 Å². The van der Waals surface area contributed by atoms with E-state index >= 15 is 0 Å². The van der Waals surface area contributed by atoms with Crippen LogP contribution >= 0.6 is 0 Å². The largest absolute Gasteiger partial charge is 0.496 e.